The number of hydrogen-bond acceptors (Lipinski definition) is 7. The van der Waals surface area contributed by atoms with Gasteiger partial charge in [0.15, 0.2) is 23.0 Å². The van der Waals surface area contributed by atoms with E-state index in [1.54, 1.807) is 28.4 Å². The molecule has 1 fully saturated rings. The molecule has 8 heteroatoms. The molecule has 8 nitrogen and oxygen atoms in total. The highest BCUT2D eigenvalue weighted by Gasteiger charge is 2.28. The van der Waals surface area contributed by atoms with Gasteiger partial charge in [-0.25, -0.2) is 0 Å². The zero-order valence-electron chi connectivity index (χ0n) is 23.5. The number of hydrogen-bond donors (Lipinski definition) is 1. The molecule has 1 aliphatic heterocycles. The van der Waals surface area contributed by atoms with Gasteiger partial charge in [-0.3, -0.25) is 9.69 Å². The van der Waals surface area contributed by atoms with Crippen molar-refractivity contribution in [3.05, 3.63) is 76.9 Å². The van der Waals surface area contributed by atoms with Gasteiger partial charge in [0.05, 0.1) is 28.4 Å². The van der Waals surface area contributed by atoms with Crippen LogP contribution in [0, 0.1) is 0 Å². The predicted molar refractivity (Wildman–Crippen MR) is 154 cm³/mol. The molecule has 0 aromatic heterocycles. The number of carboxylic acids is 1. The monoisotopic (exact) mass is 547 g/mol. The predicted octanol–water partition coefficient (Wildman–Crippen LogP) is 5.91. The summed E-state index contributed by atoms with van der Waals surface area (Å²) in [4.78, 5) is 13.7. The van der Waals surface area contributed by atoms with Gasteiger partial charge in [-0.1, -0.05) is 48.9 Å². The molecule has 3 aromatic rings. The van der Waals surface area contributed by atoms with Crippen molar-refractivity contribution >= 4 is 18.1 Å². The Morgan fingerprint density at radius 3 is 2.05 bits per heavy atom. The standard InChI is InChI=1S/C32H37NO7/c1-36-27-15-14-22(8-13-25-18-29(37-2)31(39-4)30(19-25)38-3)17-28(27)40-21-24-11-9-23(10-12-24)20-33-16-6-5-7-26(33)32(34)35/h8-15,17-19,26H,5-7,16,20-21H2,1-4H3,(H,34,35)/b13-8-/t26-/m0/s1. The van der Waals surface area contributed by atoms with Crippen molar-refractivity contribution in [3.63, 3.8) is 0 Å². The minimum atomic E-state index is -0.737. The second kappa shape index (κ2) is 13.8. The average Bonchev–Trinajstić information content (AvgIpc) is 2.99. The number of rotatable bonds is 12. The van der Waals surface area contributed by atoms with Crippen molar-refractivity contribution in [3.8, 4) is 28.7 Å². The number of carboxylic acid groups (broad SMARTS) is 1. The van der Waals surface area contributed by atoms with E-state index in [2.05, 4.69) is 4.90 Å². The first-order valence-corrected chi connectivity index (χ1v) is 13.3. The molecule has 1 N–H and O–H groups in total. The van der Waals surface area contributed by atoms with E-state index in [1.807, 2.05) is 66.7 Å². The number of carbonyl (C=O) groups is 1. The summed E-state index contributed by atoms with van der Waals surface area (Å²) in [5.74, 6) is 2.26. The lowest BCUT2D eigenvalue weighted by Gasteiger charge is -2.32. The summed E-state index contributed by atoms with van der Waals surface area (Å²) < 4.78 is 28.0. The molecule has 0 unspecified atom stereocenters. The summed E-state index contributed by atoms with van der Waals surface area (Å²) in [5.41, 5.74) is 3.94. The zero-order valence-corrected chi connectivity index (χ0v) is 23.5. The molecular formula is C32H37NO7. The fourth-order valence-corrected chi connectivity index (χ4v) is 4.90. The highest BCUT2D eigenvalue weighted by atomic mass is 16.5. The Hall–Kier alpha value is -4.17. The third-order valence-electron chi connectivity index (χ3n) is 7.04. The molecule has 0 spiro atoms. The molecule has 0 radical (unpaired) electrons. The summed E-state index contributed by atoms with van der Waals surface area (Å²) in [6.07, 6.45) is 6.65. The smallest absolute Gasteiger partial charge is 0.320 e. The first-order chi connectivity index (χ1) is 19.4. The van der Waals surface area contributed by atoms with E-state index in [4.69, 9.17) is 23.7 Å². The Bertz CT molecular complexity index is 1290. The van der Waals surface area contributed by atoms with Crippen LogP contribution in [-0.2, 0) is 17.9 Å². The quantitative estimate of drug-likeness (QED) is 0.280. The minimum Gasteiger partial charge on any atom is -0.493 e. The number of aliphatic carboxylic acids is 1. The van der Waals surface area contributed by atoms with Crippen LogP contribution in [0.1, 0.15) is 41.5 Å². The Balaban J connectivity index is 1.43. The van der Waals surface area contributed by atoms with Gasteiger partial charge in [0.1, 0.15) is 12.6 Å². The summed E-state index contributed by atoms with van der Waals surface area (Å²) in [6.45, 7) is 1.82. The van der Waals surface area contributed by atoms with E-state index in [1.165, 1.54) is 0 Å². The number of benzene rings is 3. The number of nitrogens with zero attached hydrogens (tertiary/aromatic N) is 1. The molecule has 212 valence electrons. The third-order valence-corrected chi connectivity index (χ3v) is 7.04. The average molecular weight is 548 g/mol. The molecule has 40 heavy (non-hydrogen) atoms. The van der Waals surface area contributed by atoms with Crippen LogP contribution in [0.15, 0.2) is 54.6 Å². The van der Waals surface area contributed by atoms with Crippen LogP contribution in [0.5, 0.6) is 28.7 Å². The number of likely N-dealkylation sites (tertiary alicyclic amines) is 1. The third kappa shape index (κ3) is 7.07. The SMILES string of the molecule is COc1ccc(/C=C\c2cc(OC)c(OC)c(OC)c2)cc1OCc1ccc(CN2CCCC[C@H]2C(=O)O)cc1. The first kappa shape index (κ1) is 28.8. The molecule has 1 aliphatic rings. The Labute approximate surface area is 235 Å². The van der Waals surface area contributed by atoms with Crippen molar-refractivity contribution in [2.75, 3.05) is 35.0 Å². The van der Waals surface area contributed by atoms with Crippen LogP contribution in [0.25, 0.3) is 12.2 Å². The van der Waals surface area contributed by atoms with Crippen LogP contribution in [0.3, 0.4) is 0 Å². The van der Waals surface area contributed by atoms with Crippen LogP contribution in [0.2, 0.25) is 0 Å². The highest BCUT2D eigenvalue weighted by molar-refractivity contribution is 5.74. The van der Waals surface area contributed by atoms with E-state index < -0.39 is 12.0 Å². The second-order valence-corrected chi connectivity index (χ2v) is 9.63. The Kier molecular flexibility index (Phi) is 9.91. The molecule has 0 saturated carbocycles. The van der Waals surface area contributed by atoms with Gasteiger partial charge >= 0.3 is 5.97 Å². The number of methoxy groups -OCH3 is 4. The summed E-state index contributed by atoms with van der Waals surface area (Å²) in [5, 5.41) is 9.54. The van der Waals surface area contributed by atoms with Gasteiger partial charge in [0.25, 0.3) is 0 Å². The van der Waals surface area contributed by atoms with E-state index in [0.29, 0.717) is 48.3 Å². The van der Waals surface area contributed by atoms with E-state index >= 15 is 0 Å². The van der Waals surface area contributed by atoms with Gasteiger partial charge < -0.3 is 28.8 Å². The van der Waals surface area contributed by atoms with Crippen LogP contribution < -0.4 is 23.7 Å². The van der Waals surface area contributed by atoms with Crippen LogP contribution in [0.4, 0.5) is 0 Å². The Morgan fingerprint density at radius 2 is 1.43 bits per heavy atom. The maximum atomic E-state index is 11.6. The fraction of sp³-hybridized carbons (Fsp3) is 0.344. The van der Waals surface area contributed by atoms with Gasteiger partial charge in [-0.2, -0.15) is 0 Å². The number of ether oxygens (including phenoxy) is 5. The van der Waals surface area contributed by atoms with Crippen LogP contribution >= 0.6 is 0 Å². The largest absolute Gasteiger partial charge is 0.493 e. The molecule has 1 heterocycles. The zero-order chi connectivity index (χ0) is 28.5. The molecule has 4 rings (SSSR count). The molecule has 3 aromatic carbocycles. The van der Waals surface area contributed by atoms with Gasteiger partial charge in [0.2, 0.25) is 5.75 Å². The maximum Gasteiger partial charge on any atom is 0.320 e. The van der Waals surface area contributed by atoms with E-state index in [9.17, 15) is 9.90 Å². The van der Waals surface area contributed by atoms with Gasteiger partial charge in [-0.15, -0.1) is 0 Å². The topological polar surface area (TPSA) is 86.7 Å². The normalized spacial score (nSPS) is 15.6. The second-order valence-electron chi connectivity index (χ2n) is 9.63. The summed E-state index contributed by atoms with van der Waals surface area (Å²) in [6, 6.07) is 17.3. The molecular weight excluding hydrogens is 510 g/mol. The summed E-state index contributed by atoms with van der Waals surface area (Å²) in [7, 11) is 6.38. The molecule has 0 bridgehead atoms. The molecule has 0 amide bonds. The molecule has 0 aliphatic carbocycles. The Morgan fingerprint density at radius 1 is 0.800 bits per heavy atom. The van der Waals surface area contributed by atoms with E-state index in [-0.39, 0.29) is 0 Å². The van der Waals surface area contributed by atoms with Crippen LogP contribution in [-0.4, -0.2) is 57.0 Å². The van der Waals surface area contributed by atoms with Crippen molar-refractivity contribution < 1.29 is 33.6 Å². The molecule has 1 atom stereocenters. The minimum absolute atomic E-state index is 0.373. The van der Waals surface area contributed by atoms with Gasteiger partial charge in [-0.05, 0) is 65.9 Å². The number of piperidine rings is 1. The maximum absolute atomic E-state index is 11.6. The lowest BCUT2D eigenvalue weighted by molar-refractivity contribution is -0.144. The van der Waals surface area contributed by atoms with Crippen molar-refractivity contribution in [1.29, 1.82) is 0 Å². The fourth-order valence-electron chi connectivity index (χ4n) is 4.90. The van der Waals surface area contributed by atoms with E-state index in [0.717, 1.165) is 41.6 Å². The lowest BCUT2D eigenvalue weighted by atomic mass is 10.0. The first-order valence-electron chi connectivity index (χ1n) is 13.3. The lowest BCUT2D eigenvalue weighted by Crippen LogP contribution is -2.43. The highest BCUT2D eigenvalue weighted by Crippen LogP contribution is 2.39. The van der Waals surface area contributed by atoms with Crippen molar-refractivity contribution in [2.45, 2.75) is 38.5 Å². The summed E-state index contributed by atoms with van der Waals surface area (Å²) >= 11 is 0. The van der Waals surface area contributed by atoms with Crippen molar-refractivity contribution in [1.82, 2.24) is 4.90 Å². The molecule has 1 saturated heterocycles. The van der Waals surface area contributed by atoms with Gasteiger partial charge in [0, 0.05) is 6.54 Å². The van der Waals surface area contributed by atoms with Crippen molar-refractivity contribution in [2.24, 2.45) is 0 Å².